The zero-order valence-corrected chi connectivity index (χ0v) is 9.88. The molecule has 0 nitrogen and oxygen atoms in total. The number of rotatable bonds is 0. The van der Waals surface area contributed by atoms with Crippen molar-refractivity contribution in [3.63, 3.8) is 0 Å². The topological polar surface area (TPSA) is 0 Å². The predicted molar refractivity (Wildman–Crippen MR) is 40.9 cm³/mol. The molecule has 1 aromatic rings. The molecule has 0 spiro atoms. The standard InChI is InChI=1S/C7H5Cl2.Zn/c1-5-2-6(8)4-7(9)3-5;/h2-4H,1H2;/q-1;. The molecule has 0 aliphatic heterocycles. The van der Waals surface area contributed by atoms with E-state index in [9.17, 15) is 0 Å². The van der Waals surface area contributed by atoms with Gasteiger partial charge in [0.1, 0.15) is 0 Å². The SMILES string of the molecule is [CH2-]c1cc(Cl)cc(Cl)c1.[Zn]. The van der Waals surface area contributed by atoms with Crippen molar-refractivity contribution in [1.29, 1.82) is 0 Å². The van der Waals surface area contributed by atoms with Gasteiger partial charge >= 0.3 is 0 Å². The van der Waals surface area contributed by atoms with Crippen molar-refractivity contribution < 1.29 is 19.5 Å². The molecule has 0 N–H and O–H groups in total. The molecule has 0 bridgehead atoms. The Kier molecular flexibility index (Phi) is 4.35. The van der Waals surface area contributed by atoms with Gasteiger partial charge in [0.05, 0.1) is 0 Å². The van der Waals surface area contributed by atoms with Gasteiger partial charge in [-0.05, 0) is 16.1 Å². The van der Waals surface area contributed by atoms with Crippen molar-refractivity contribution in [2.24, 2.45) is 0 Å². The zero-order valence-electron chi connectivity index (χ0n) is 5.40. The van der Waals surface area contributed by atoms with Gasteiger partial charge in [0, 0.05) is 19.5 Å². The second-order valence-corrected chi connectivity index (χ2v) is 2.65. The number of hydrogen-bond acceptors (Lipinski definition) is 0. The fourth-order valence-corrected chi connectivity index (χ4v) is 1.18. The summed E-state index contributed by atoms with van der Waals surface area (Å²) in [6.07, 6.45) is 0. The molecule has 50 valence electrons. The third kappa shape index (κ3) is 2.92. The molecule has 0 fully saturated rings. The molecule has 0 heterocycles. The molecule has 0 saturated carbocycles. The van der Waals surface area contributed by atoms with Crippen molar-refractivity contribution >= 4 is 23.2 Å². The summed E-state index contributed by atoms with van der Waals surface area (Å²) < 4.78 is 0. The van der Waals surface area contributed by atoms with E-state index in [0.29, 0.717) is 10.0 Å². The number of benzene rings is 1. The van der Waals surface area contributed by atoms with E-state index in [4.69, 9.17) is 23.2 Å². The van der Waals surface area contributed by atoms with Gasteiger partial charge in [0.2, 0.25) is 0 Å². The third-order valence-electron chi connectivity index (χ3n) is 0.922. The quantitative estimate of drug-likeness (QED) is 0.470. The Hall–Kier alpha value is 0.293. The number of halogens is 2. The van der Waals surface area contributed by atoms with Gasteiger partial charge in [-0.3, -0.25) is 0 Å². The first kappa shape index (κ1) is 10.3. The van der Waals surface area contributed by atoms with Gasteiger partial charge in [-0.2, -0.15) is 12.5 Å². The minimum atomic E-state index is 0. The summed E-state index contributed by atoms with van der Waals surface area (Å²) in [7, 11) is 0. The van der Waals surface area contributed by atoms with Crippen LogP contribution in [0.25, 0.3) is 0 Å². The van der Waals surface area contributed by atoms with E-state index < -0.39 is 0 Å². The van der Waals surface area contributed by atoms with Crippen molar-refractivity contribution in [2.45, 2.75) is 0 Å². The second kappa shape index (κ2) is 4.23. The van der Waals surface area contributed by atoms with E-state index in [2.05, 4.69) is 6.92 Å². The molecule has 0 atom stereocenters. The van der Waals surface area contributed by atoms with Crippen molar-refractivity contribution in [3.8, 4) is 0 Å². The van der Waals surface area contributed by atoms with E-state index in [1.807, 2.05) is 0 Å². The van der Waals surface area contributed by atoms with Gasteiger partial charge < -0.3 is 0 Å². The maximum Gasteiger partial charge on any atom is 0 e. The Morgan fingerprint density at radius 2 is 1.40 bits per heavy atom. The number of hydrogen-bond donors (Lipinski definition) is 0. The normalized spacial score (nSPS) is 8.60. The van der Waals surface area contributed by atoms with Crippen LogP contribution >= 0.6 is 23.2 Å². The van der Waals surface area contributed by atoms with Crippen LogP contribution < -0.4 is 0 Å². The molecule has 0 unspecified atom stereocenters. The average Bonchev–Trinajstić information content (AvgIpc) is 1.59. The zero-order chi connectivity index (χ0) is 6.85. The molecule has 0 aromatic heterocycles. The monoisotopic (exact) mass is 223 g/mol. The maximum atomic E-state index is 5.63. The van der Waals surface area contributed by atoms with E-state index >= 15 is 0 Å². The molecular formula is C7H5Cl2Zn-. The van der Waals surface area contributed by atoms with Gasteiger partial charge in [-0.25, -0.2) is 0 Å². The van der Waals surface area contributed by atoms with Crippen LogP contribution in [0.3, 0.4) is 0 Å². The van der Waals surface area contributed by atoms with Crippen LogP contribution in [0.5, 0.6) is 0 Å². The molecule has 1 aromatic carbocycles. The maximum absolute atomic E-state index is 5.63. The summed E-state index contributed by atoms with van der Waals surface area (Å²) in [6, 6.07) is 5.19. The van der Waals surface area contributed by atoms with Crippen LogP contribution in [0.2, 0.25) is 10.0 Å². The summed E-state index contributed by atoms with van der Waals surface area (Å²) in [5.41, 5.74) is 0.840. The summed E-state index contributed by atoms with van der Waals surface area (Å²) >= 11 is 11.3. The first-order valence-electron chi connectivity index (χ1n) is 2.46. The minimum absolute atomic E-state index is 0. The average molecular weight is 225 g/mol. The molecule has 0 amide bonds. The Labute approximate surface area is 83.3 Å². The molecule has 3 heteroatoms. The Bertz CT molecular complexity index is 172. The smallest absolute Gasteiger partial charge is 0 e. The molecule has 1 rings (SSSR count). The minimum Gasteiger partial charge on any atom is -0.199 e. The summed E-state index contributed by atoms with van der Waals surface area (Å²) in [4.78, 5) is 0. The van der Waals surface area contributed by atoms with E-state index in [0.717, 1.165) is 5.56 Å². The predicted octanol–water partition coefficient (Wildman–Crippen LogP) is 3.17. The van der Waals surface area contributed by atoms with Crippen LogP contribution in [-0.2, 0) is 19.5 Å². The second-order valence-electron chi connectivity index (χ2n) is 1.78. The largest absolute Gasteiger partial charge is 0.199 e. The first-order valence-corrected chi connectivity index (χ1v) is 3.22. The molecule has 0 aliphatic rings. The van der Waals surface area contributed by atoms with Crippen molar-refractivity contribution in [2.75, 3.05) is 0 Å². The molecule has 10 heavy (non-hydrogen) atoms. The fourth-order valence-electron chi connectivity index (χ4n) is 0.611. The van der Waals surface area contributed by atoms with Gasteiger partial charge in [-0.15, -0.1) is 12.1 Å². The third-order valence-corrected chi connectivity index (χ3v) is 1.36. The van der Waals surface area contributed by atoms with E-state index in [1.54, 1.807) is 18.2 Å². The fraction of sp³-hybridized carbons (Fsp3) is 0. The Morgan fingerprint density at radius 3 is 1.70 bits per heavy atom. The van der Waals surface area contributed by atoms with Crippen LogP contribution in [0, 0.1) is 6.92 Å². The van der Waals surface area contributed by atoms with Crippen LogP contribution in [0.1, 0.15) is 5.56 Å². The Balaban J connectivity index is 0.000000810. The van der Waals surface area contributed by atoms with Crippen molar-refractivity contribution in [3.05, 3.63) is 40.7 Å². The molecule has 0 radical (unpaired) electrons. The van der Waals surface area contributed by atoms with E-state index in [1.165, 1.54) is 0 Å². The van der Waals surface area contributed by atoms with Gasteiger partial charge in [0.25, 0.3) is 0 Å². The van der Waals surface area contributed by atoms with Gasteiger partial charge in [0.15, 0.2) is 0 Å². The van der Waals surface area contributed by atoms with Crippen LogP contribution in [0.15, 0.2) is 18.2 Å². The van der Waals surface area contributed by atoms with Crippen LogP contribution in [-0.4, -0.2) is 0 Å². The molecular weight excluding hydrogens is 220 g/mol. The van der Waals surface area contributed by atoms with Gasteiger partial charge in [-0.1, -0.05) is 23.2 Å². The molecule has 0 saturated heterocycles. The van der Waals surface area contributed by atoms with Crippen molar-refractivity contribution in [1.82, 2.24) is 0 Å². The summed E-state index contributed by atoms with van der Waals surface area (Å²) in [6.45, 7) is 3.67. The first-order chi connectivity index (χ1) is 4.18. The summed E-state index contributed by atoms with van der Waals surface area (Å²) in [5.74, 6) is 0. The van der Waals surface area contributed by atoms with Crippen LogP contribution in [0.4, 0.5) is 0 Å². The summed E-state index contributed by atoms with van der Waals surface area (Å²) in [5, 5.41) is 1.26. The van der Waals surface area contributed by atoms with E-state index in [-0.39, 0.29) is 19.5 Å². The Morgan fingerprint density at radius 1 is 1.00 bits per heavy atom. The molecule has 0 aliphatic carbocycles.